The van der Waals surface area contributed by atoms with Gasteiger partial charge in [0.15, 0.2) is 5.01 Å². The lowest BCUT2D eigenvalue weighted by Crippen LogP contribution is -1.93. The lowest BCUT2D eigenvalue weighted by Gasteiger charge is -1.98. The van der Waals surface area contributed by atoms with Gasteiger partial charge in [0.1, 0.15) is 11.4 Å². The molecule has 7 nitrogen and oxygen atoms in total. The molecule has 0 saturated carbocycles. The van der Waals surface area contributed by atoms with Crippen LogP contribution in [0.4, 0.5) is 0 Å². The van der Waals surface area contributed by atoms with Gasteiger partial charge >= 0.3 is 0 Å². The molecule has 4 aromatic heterocycles. The Bertz CT molecular complexity index is 935. The van der Waals surface area contributed by atoms with Gasteiger partial charge in [-0.05, 0) is 30.5 Å². The molecule has 0 aliphatic rings. The average Bonchev–Trinajstić information content (AvgIpc) is 3.21. The molecule has 0 bridgehead atoms. The van der Waals surface area contributed by atoms with Crippen molar-refractivity contribution in [2.24, 2.45) is 5.92 Å². The Kier molecular flexibility index (Phi) is 3.38. The molecule has 0 saturated heterocycles. The van der Waals surface area contributed by atoms with Crippen LogP contribution in [0.3, 0.4) is 0 Å². The van der Waals surface area contributed by atoms with E-state index in [1.165, 1.54) is 11.3 Å². The van der Waals surface area contributed by atoms with Gasteiger partial charge in [-0.1, -0.05) is 31.3 Å². The summed E-state index contributed by atoms with van der Waals surface area (Å²) in [6, 6.07) is 7.73. The molecule has 23 heavy (non-hydrogen) atoms. The standard InChI is InChI=1S/C15H15N7S/c1-9(2)7-10-8-12(18-17-10)14-21-22-13(19-20-15(22)23-14)11-5-3-4-6-16-11/h3-6,8-9H,7H2,1-2H3,(H,17,18). The quantitative estimate of drug-likeness (QED) is 0.623. The molecule has 0 aliphatic heterocycles. The number of hydrogen-bond acceptors (Lipinski definition) is 6. The van der Waals surface area contributed by atoms with Gasteiger partial charge in [-0.3, -0.25) is 10.1 Å². The zero-order chi connectivity index (χ0) is 15.8. The van der Waals surface area contributed by atoms with E-state index in [4.69, 9.17) is 0 Å². The smallest absolute Gasteiger partial charge is 0.235 e. The molecule has 0 spiro atoms. The molecule has 4 rings (SSSR count). The number of H-pyrrole nitrogens is 1. The second kappa shape index (κ2) is 5.54. The number of hydrogen-bond donors (Lipinski definition) is 1. The Morgan fingerprint density at radius 1 is 1.22 bits per heavy atom. The summed E-state index contributed by atoms with van der Waals surface area (Å²) in [5, 5.41) is 21.2. The monoisotopic (exact) mass is 325 g/mol. The number of fused-ring (bicyclic) bond motifs is 1. The Hall–Kier alpha value is -2.61. The fourth-order valence-electron chi connectivity index (χ4n) is 2.39. The SMILES string of the molecule is CC(C)Cc1cc(-c2nn3c(-c4ccccn4)nnc3s2)n[nH]1. The number of aromatic nitrogens is 7. The van der Waals surface area contributed by atoms with Crippen molar-refractivity contribution in [2.45, 2.75) is 20.3 Å². The molecule has 0 aromatic carbocycles. The maximum atomic E-state index is 4.60. The van der Waals surface area contributed by atoms with Crippen LogP contribution < -0.4 is 0 Å². The van der Waals surface area contributed by atoms with E-state index < -0.39 is 0 Å². The summed E-state index contributed by atoms with van der Waals surface area (Å²) in [4.78, 5) is 5.04. The van der Waals surface area contributed by atoms with Gasteiger partial charge in [0.05, 0.1) is 0 Å². The summed E-state index contributed by atoms with van der Waals surface area (Å²) in [6.07, 6.45) is 2.70. The van der Waals surface area contributed by atoms with Gasteiger partial charge in [0, 0.05) is 11.9 Å². The predicted molar refractivity (Wildman–Crippen MR) is 88.0 cm³/mol. The Balaban J connectivity index is 1.72. The highest BCUT2D eigenvalue weighted by Crippen LogP contribution is 2.26. The molecule has 0 unspecified atom stereocenters. The van der Waals surface area contributed by atoms with Gasteiger partial charge < -0.3 is 0 Å². The number of aromatic amines is 1. The summed E-state index contributed by atoms with van der Waals surface area (Å²) in [7, 11) is 0. The minimum atomic E-state index is 0.580. The third-order valence-electron chi connectivity index (χ3n) is 3.36. The van der Waals surface area contributed by atoms with E-state index in [9.17, 15) is 0 Å². The number of nitrogens with zero attached hydrogens (tertiary/aromatic N) is 6. The van der Waals surface area contributed by atoms with E-state index in [2.05, 4.69) is 44.3 Å². The van der Waals surface area contributed by atoms with Crippen molar-refractivity contribution in [2.75, 3.05) is 0 Å². The summed E-state index contributed by atoms with van der Waals surface area (Å²) in [5.41, 5.74) is 2.70. The minimum absolute atomic E-state index is 0.580. The lowest BCUT2D eigenvalue weighted by atomic mass is 10.1. The Morgan fingerprint density at radius 2 is 2.13 bits per heavy atom. The summed E-state index contributed by atoms with van der Waals surface area (Å²) in [5.74, 6) is 1.22. The molecule has 4 aromatic rings. The molecule has 116 valence electrons. The first-order valence-electron chi connectivity index (χ1n) is 7.39. The minimum Gasteiger partial charge on any atom is -0.282 e. The van der Waals surface area contributed by atoms with Crippen LogP contribution in [-0.4, -0.2) is 35.0 Å². The fourth-order valence-corrected chi connectivity index (χ4v) is 3.19. The first-order valence-corrected chi connectivity index (χ1v) is 8.20. The second-order valence-corrected chi connectivity index (χ2v) is 6.67. The predicted octanol–water partition coefficient (Wildman–Crippen LogP) is 2.84. The lowest BCUT2D eigenvalue weighted by molar-refractivity contribution is 0.633. The highest BCUT2D eigenvalue weighted by molar-refractivity contribution is 7.19. The first-order chi connectivity index (χ1) is 11.2. The normalized spacial score (nSPS) is 11.6. The topological polar surface area (TPSA) is 84.7 Å². The molecule has 1 N–H and O–H groups in total. The molecule has 0 atom stereocenters. The van der Waals surface area contributed by atoms with Gasteiger partial charge in [0.25, 0.3) is 0 Å². The van der Waals surface area contributed by atoms with Crippen LogP contribution in [0.25, 0.3) is 27.2 Å². The van der Waals surface area contributed by atoms with Gasteiger partial charge in [-0.25, -0.2) is 0 Å². The zero-order valence-electron chi connectivity index (χ0n) is 12.8. The molecular formula is C15H15N7S. The van der Waals surface area contributed by atoms with Gasteiger partial charge in [-0.2, -0.15) is 14.7 Å². The maximum Gasteiger partial charge on any atom is 0.235 e. The van der Waals surface area contributed by atoms with Gasteiger partial charge in [0.2, 0.25) is 10.8 Å². The van der Waals surface area contributed by atoms with Crippen molar-refractivity contribution in [1.29, 1.82) is 0 Å². The van der Waals surface area contributed by atoms with Crippen molar-refractivity contribution in [3.05, 3.63) is 36.2 Å². The van der Waals surface area contributed by atoms with Crippen LogP contribution in [0.15, 0.2) is 30.5 Å². The molecule has 0 amide bonds. The van der Waals surface area contributed by atoms with Crippen LogP contribution in [0.2, 0.25) is 0 Å². The van der Waals surface area contributed by atoms with Crippen LogP contribution in [-0.2, 0) is 6.42 Å². The molecule has 0 aliphatic carbocycles. The van der Waals surface area contributed by atoms with Crippen LogP contribution in [0, 0.1) is 5.92 Å². The van der Waals surface area contributed by atoms with E-state index in [0.29, 0.717) is 11.7 Å². The van der Waals surface area contributed by atoms with Crippen LogP contribution in [0.1, 0.15) is 19.5 Å². The molecule has 4 heterocycles. The third kappa shape index (κ3) is 2.61. The van der Waals surface area contributed by atoms with Crippen molar-refractivity contribution < 1.29 is 0 Å². The highest BCUT2D eigenvalue weighted by Gasteiger charge is 2.16. The van der Waals surface area contributed by atoms with E-state index in [1.807, 2.05) is 24.3 Å². The van der Waals surface area contributed by atoms with Crippen molar-refractivity contribution in [1.82, 2.24) is 35.0 Å². The largest absolute Gasteiger partial charge is 0.282 e. The average molecular weight is 325 g/mol. The van der Waals surface area contributed by atoms with E-state index in [0.717, 1.165) is 33.5 Å². The summed E-state index contributed by atoms with van der Waals surface area (Å²) >= 11 is 1.47. The van der Waals surface area contributed by atoms with E-state index >= 15 is 0 Å². The first kappa shape index (κ1) is 14.0. The Morgan fingerprint density at radius 3 is 2.91 bits per heavy atom. The summed E-state index contributed by atoms with van der Waals surface area (Å²) in [6.45, 7) is 4.37. The van der Waals surface area contributed by atoms with E-state index in [1.54, 1.807) is 10.7 Å². The van der Waals surface area contributed by atoms with E-state index in [-0.39, 0.29) is 0 Å². The second-order valence-electron chi connectivity index (χ2n) is 5.72. The maximum absolute atomic E-state index is 4.60. The van der Waals surface area contributed by atoms with Crippen molar-refractivity contribution in [3.8, 4) is 22.2 Å². The molecule has 8 heteroatoms. The fraction of sp³-hybridized carbons (Fsp3) is 0.267. The Labute approximate surface area is 136 Å². The summed E-state index contributed by atoms with van der Waals surface area (Å²) < 4.78 is 1.72. The van der Waals surface area contributed by atoms with Crippen LogP contribution in [0.5, 0.6) is 0 Å². The molecule has 0 fully saturated rings. The number of pyridine rings is 1. The molecular weight excluding hydrogens is 310 g/mol. The zero-order valence-corrected chi connectivity index (χ0v) is 13.6. The molecule has 0 radical (unpaired) electrons. The van der Waals surface area contributed by atoms with Crippen molar-refractivity contribution >= 4 is 16.3 Å². The third-order valence-corrected chi connectivity index (χ3v) is 4.28. The highest BCUT2D eigenvalue weighted by atomic mass is 32.1. The van der Waals surface area contributed by atoms with Crippen molar-refractivity contribution in [3.63, 3.8) is 0 Å². The van der Waals surface area contributed by atoms with Crippen LogP contribution >= 0.6 is 11.3 Å². The number of nitrogens with one attached hydrogen (secondary N) is 1. The number of rotatable bonds is 4. The van der Waals surface area contributed by atoms with Gasteiger partial charge in [-0.15, -0.1) is 10.2 Å².